The van der Waals surface area contributed by atoms with Crippen molar-refractivity contribution in [2.24, 2.45) is 5.92 Å². The summed E-state index contributed by atoms with van der Waals surface area (Å²) in [5.74, 6) is 0.731. The fourth-order valence-electron chi connectivity index (χ4n) is 1.75. The summed E-state index contributed by atoms with van der Waals surface area (Å²) in [6, 6.07) is 7.24. The Morgan fingerprint density at radius 2 is 1.94 bits per heavy atom. The van der Waals surface area contributed by atoms with Crippen LogP contribution in [-0.2, 0) is 4.74 Å². The molecular weight excluding hydrogens is 216 g/mol. The first kappa shape index (κ1) is 13.7. The molecule has 1 atom stereocenters. The number of Topliss-reactive ketones (excluding diaryl/α,β-unsaturated/α-hetero) is 1. The lowest BCUT2D eigenvalue weighted by Gasteiger charge is -2.20. The number of hydrogen-bond donors (Lipinski definition) is 0. The highest BCUT2D eigenvalue weighted by Crippen LogP contribution is 2.22. The Kier molecular flexibility index (Phi) is 5.16. The van der Waals surface area contributed by atoms with Crippen molar-refractivity contribution in [3.63, 3.8) is 0 Å². The van der Waals surface area contributed by atoms with Gasteiger partial charge in [0.15, 0.2) is 5.78 Å². The van der Waals surface area contributed by atoms with Gasteiger partial charge in [0.2, 0.25) is 0 Å². The van der Waals surface area contributed by atoms with Gasteiger partial charge in [-0.05, 0) is 25.0 Å². The molecule has 1 unspecified atom stereocenters. The van der Waals surface area contributed by atoms with E-state index in [9.17, 15) is 4.79 Å². The maximum Gasteiger partial charge on any atom is 0.195 e. The van der Waals surface area contributed by atoms with Gasteiger partial charge in [0, 0.05) is 6.61 Å². The first-order valence-electron chi connectivity index (χ1n) is 5.90. The molecular formula is C14H20O3. The van der Waals surface area contributed by atoms with Crippen LogP contribution in [0.15, 0.2) is 24.3 Å². The molecule has 0 fully saturated rings. The number of para-hydroxylation sites is 1. The van der Waals surface area contributed by atoms with E-state index in [0.717, 1.165) is 0 Å². The Hall–Kier alpha value is -1.35. The second-order valence-corrected chi connectivity index (χ2v) is 4.18. The summed E-state index contributed by atoms with van der Waals surface area (Å²) >= 11 is 0. The molecule has 0 N–H and O–H groups in total. The van der Waals surface area contributed by atoms with Gasteiger partial charge in [0.1, 0.15) is 11.9 Å². The Morgan fingerprint density at radius 3 is 2.47 bits per heavy atom. The number of methoxy groups -OCH3 is 1. The van der Waals surface area contributed by atoms with Crippen molar-refractivity contribution in [3.8, 4) is 5.75 Å². The molecule has 0 amide bonds. The van der Waals surface area contributed by atoms with Gasteiger partial charge in [-0.1, -0.05) is 26.0 Å². The average Bonchev–Trinajstić information content (AvgIpc) is 2.34. The first-order valence-corrected chi connectivity index (χ1v) is 5.90. The molecule has 0 bridgehead atoms. The summed E-state index contributed by atoms with van der Waals surface area (Å²) in [5.41, 5.74) is 0.585. The van der Waals surface area contributed by atoms with E-state index in [1.165, 1.54) is 0 Å². The molecule has 1 rings (SSSR count). The number of ketones is 1. The fraction of sp³-hybridized carbons (Fsp3) is 0.500. The minimum absolute atomic E-state index is 0.0145. The van der Waals surface area contributed by atoms with Crippen molar-refractivity contribution in [1.29, 1.82) is 0 Å². The third kappa shape index (κ3) is 3.30. The lowest BCUT2D eigenvalue weighted by atomic mass is 9.97. The smallest absolute Gasteiger partial charge is 0.195 e. The Balaban J connectivity index is 3.00. The van der Waals surface area contributed by atoms with E-state index in [-0.39, 0.29) is 11.7 Å². The number of hydrogen-bond acceptors (Lipinski definition) is 3. The van der Waals surface area contributed by atoms with Crippen molar-refractivity contribution in [2.45, 2.75) is 26.9 Å². The van der Waals surface area contributed by atoms with Crippen LogP contribution in [0.2, 0.25) is 0 Å². The summed E-state index contributed by atoms with van der Waals surface area (Å²) in [7, 11) is 1.57. The van der Waals surface area contributed by atoms with Crippen LogP contribution in [0.1, 0.15) is 31.1 Å². The molecule has 1 aromatic carbocycles. The molecule has 0 radical (unpaired) electrons. The van der Waals surface area contributed by atoms with Crippen molar-refractivity contribution >= 4 is 5.78 Å². The van der Waals surface area contributed by atoms with Crippen molar-refractivity contribution in [1.82, 2.24) is 0 Å². The monoisotopic (exact) mass is 236 g/mol. The Labute approximate surface area is 103 Å². The van der Waals surface area contributed by atoms with Crippen LogP contribution in [0, 0.1) is 5.92 Å². The van der Waals surface area contributed by atoms with Crippen LogP contribution in [0.4, 0.5) is 0 Å². The van der Waals surface area contributed by atoms with Gasteiger partial charge in [0.05, 0.1) is 12.7 Å². The highest BCUT2D eigenvalue weighted by atomic mass is 16.5. The molecule has 0 saturated heterocycles. The van der Waals surface area contributed by atoms with E-state index in [1.807, 2.05) is 32.9 Å². The second-order valence-electron chi connectivity index (χ2n) is 4.18. The second kappa shape index (κ2) is 6.40. The molecule has 0 aliphatic rings. The van der Waals surface area contributed by atoms with Gasteiger partial charge in [-0.25, -0.2) is 0 Å². The van der Waals surface area contributed by atoms with E-state index in [4.69, 9.17) is 9.47 Å². The van der Waals surface area contributed by atoms with Crippen LogP contribution in [-0.4, -0.2) is 25.6 Å². The molecule has 0 aliphatic heterocycles. The molecule has 0 heterocycles. The SMILES string of the molecule is CCOC(C(=O)c1ccccc1OC)C(C)C. The van der Waals surface area contributed by atoms with Gasteiger partial charge >= 0.3 is 0 Å². The maximum atomic E-state index is 12.4. The predicted molar refractivity (Wildman–Crippen MR) is 67.6 cm³/mol. The van der Waals surface area contributed by atoms with Crippen LogP contribution >= 0.6 is 0 Å². The number of carbonyl (C=O) groups is 1. The van der Waals surface area contributed by atoms with E-state index >= 15 is 0 Å². The molecule has 3 heteroatoms. The van der Waals surface area contributed by atoms with Gasteiger partial charge in [-0.15, -0.1) is 0 Å². The van der Waals surface area contributed by atoms with Crippen molar-refractivity contribution < 1.29 is 14.3 Å². The molecule has 0 spiro atoms. The molecule has 0 aromatic heterocycles. The number of benzene rings is 1. The van der Waals surface area contributed by atoms with E-state index in [2.05, 4.69) is 0 Å². The summed E-state index contributed by atoms with van der Waals surface area (Å²) < 4.78 is 10.7. The standard InChI is InChI=1S/C14H20O3/c1-5-17-14(10(2)3)13(15)11-8-6-7-9-12(11)16-4/h6-10,14H,5H2,1-4H3. The molecule has 17 heavy (non-hydrogen) atoms. The average molecular weight is 236 g/mol. The first-order chi connectivity index (χ1) is 8.11. The molecule has 0 saturated carbocycles. The minimum Gasteiger partial charge on any atom is -0.496 e. The summed E-state index contributed by atoms with van der Waals surface area (Å²) in [5, 5.41) is 0. The van der Waals surface area contributed by atoms with Gasteiger partial charge in [-0.2, -0.15) is 0 Å². The number of carbonyl (C=O) groups excluding carboxylic acids is 1. The maximum absolute atomic E-state index is 12.4. The number of rotatable bonds is 6. The summed E-state index contributed by atoms with van der Waals surface area (Å²) in [6.45, 7) is 6.38. The van der Waals surface area contributed by atoms with Crippen LogP contribution < -0.4 is 4.74 Å². The molecule has 1 aromatic rings. The normalized spacial score (nSPS) is 12.5. The molecule has 0 aliphatic carbocycles. The Bertz CT molecular complexity index is 371. The highest BCUT2D eigenvalue weighted by molar-refractivity contribution is 6.02. The topological polar surface area (TPSA) is 35.5 Å². The van der Waals surface area contributed by atoms with Crippen LogP contribution in [0.25, 0.3) is 0 Å². The predicted octanol–water partition coefficient (Wildman–Crippen LogP) is 2.94. The van der Waals surface area contributed by atoms with E-state index in [0.29, 0.717) is 17.9 Å². The zero-order valence-electron chi connectivity index (χ0n) is 10.9. The van der Waals surface area contributed by atoms with Gasteiger partial charge in [0.25, 0.3) is 0 Å². The summed E-state index contributed by atoms with van der Waals surface area (Å²) in [6.07, 6.45) is -0.406. The molecule has 94 valence electrons. The highest BCUT2D eigenvalue weighted by Gasteiger charge is 2.25. The third-order valence-corrected chi connectivity index (χ3v) is 2.58. The van der Waals surface area contributed by atoms with E-state index < -0.39 is 6.10 Å². The van der Waals surface area contributed by atoms with E-state index in [1.54, 1.807) is 19.2 Å². The van der Waals surface area contributed by atoms with Gasteiger partial charge < -0.3 is 9.47 Å². The quantitative estimate of drug-likeness (QED) is 0.712. The largest absolute Gasteiger partial charge is 0.496 e. The Morgan fingerprint density at radius 1 is 1.29 bits per heavy atom. The zero-order valence-corrected chi connectivity index (χ0v) is 10.9. The lowest BCUT2D eigenvalue weighted by molar-refractivity contribution is 0.0277. The van der Waals surface area contributed by atoms with Gasteiger partial charge in [-0.3, -0.25) is 4.79 Å². The van der Waals surface area contributed by atoms with Crippen LogP contribution in [0.5, 0.6) is 5.75 Å². The zero-order chi connectivity index (χ0) is 12.8. The third-order valence-electron chi connectivity index (χ3n) is 2.58. The fourth-order valence-corrected chi connectivity index (χ4v) is 1.75. The minimum atomic E-state index is -0.406. The van der Waals surface area contributed by atoms with Crippen LogP contribution in [0.3, 0.4) is 0 Å². The number of ether oxygens (including phenoxy) is 2. The summed E-state index contributed by atoms with van der Waals surface area (Å²) in [4.78, 5) is 12.4. The molecule has 3 nitrogen and oxygen atoms in total. The van der Waals surface area contributed by atoms with Crippen molar-refractivity contribution in [2.75, 3.05) is 13.7 Å². The van der Waals surface area contributed by atoms with Crippen molar-refractivity contribution in [3.05, 3.63) is 29.8 Å². The lowest BCUT2D eigenvalue weighted by Crippen LogP contribution is -2.30.